The molecule has 0 heterocycles. The molecule has 0 bridgehead atoms. The summed E-state index contributed by atoms with van der Waals surface area (Å²) in [5.41, 5.74) is 20.2. The summed E-state index contributed by atoms with van der Waals surface area (Å²) in [6.45, 7) is 5.14. The van der Waals surface area contributed by atoms with E-state index in [0.717, 1.165) is 26.2 Å². The van der Waals surface area contributed by atoms with Gasteiger partial charge in [0, 0.05) is 52.1 Å². The number of hydrogen-bond donors (Lipinski definition) is 6. The molecule has 0 atom stereocenters. The van der Waals surface area contributed by atoms with Gasteiger partial charge in [0.15, 0.2) is 0 Å². The number of nitrogens with two attached hydrogens (primary N) is 4. The Morgan fingerprint density at radius 1 is 0.700 bits per heavy atom. The number of hydrogen-bond acceptors (Lipinski definition) is 6. The van der Waals surface area contributed by atoms with Crippen LogP contribution in [0.15, 0.2) is 0 Å². The van der Waals surface area contributed by atoms with Crippen molar-refractivity contribution in [1.82, 2.24) is 10.6 Å². The van der Waals surface area contributed by atoms with E-state index in [0.29, 0.717) is 38.8 Å². The van der Waals surface area contributed by atoms with E-state index >= 15 is 0 Å². The molecule has 10 N–H and O–H groups in total. The molecule has 20 heavy (non-hydrogen) atoms. The molecule has 0 aromatic carbocycles. The highest BCUT2D eigenvalue weighted by Gasteiger charge is 1.96. The number of carbonyl (C=O) groups excluding carboxylic acids is 2. The maximum Gasteiger partial charge on any atom is 0.217 e. The van der Waals surface area contributed by atoms with Crippen LogP contribution in [0.1, 0.15) is 25.7 Å². The maximum absolute atomic E-state index is 10.2. The second-order valence-corrected chi connectivity index (χ2v) is 4.22. The molecule has 0 saturated carbocycles. The molecule has 0 unspecified atom stereocenters. The van der Waals surface area contributed by atoms with Crippen molar-refractivity contribution in [3.8, 4) is 0 Å². The standard InChI is InChI=1S/C6H18N4.C6H12N2O2/c7-1-3-9-5-6-10-4-2-8;7-5(9)3-1-2-4-6(8)10/h9-10H,1-8H2;1-4H2,(H2,7,9)(H2,8,10). The maximum atomic E-state index is 10.2. The van der Waals surface area contributed by atoms with Crippen molar-refractivity contribution in [2.45, 2.75) is 25.7 Å². The highest BCUT2D eigenvalue weighted by Crippen LogP contribution is 1.97. The summed E-state index contributed by atoms with van der Waals surface area (Å²) in [6, 6.07) is 0. The van der Waals surface area contributed by atoms with Crippen LogP contribution < -0.4 is 33.6 Å². The Hall–Kier alpha value is -1.22. The normalized spacial score (nSPS) is 9.70. The van der Waals surface area contributed by atoms with Gasteiger partial charge in [-0.05, 0) is 12.8 Å². The summed E-state index contributed by atoms with van der Waals surface area (Å²) < 4.78 is 0. The molecule has 8 heteroatoms. The van der Waals surface area contributed by atoms with Gasteiger partial charge in [0.05, 0.1) is 0 Å². The third-order valence-electron chi connectivity index (χ3n) is 2.22. The minimum absolute atomic E-state index is 0.329. The van der Waals surface area contributed by atoms with Gasteiger partial charge in [0.25, 0.3) is 0 Å². The fourth-order valence-electron chi connectivity index (χ4n) is 1.23. The number of unbranched alkanes of at least 4 members (excludes halogenated alkanes) is 1. The van der Waals surface area contributed by atoms with Crippen LogP contribution in [0, 0.1) is 0 Å². The van der Waals surface area contributed by atoms with E-state index in [4.69, 9.17) is 22.9 Å². The fraction of sp³-hybridized carbons (Fsp3) is 0.833. The summed E-state index contributed by atoms with van der Waals surface area (Å²) in [6.07, 6.45) is 1.98. The Labute approximate surface area is 121 Å². The minimum atomic E-state index is -0.329. The van der Waals surface area contributed by atoms with Gasteiger partial charge < -0.3 is 33.6 Å². The van der Waals surface area contributed by atoms with Crippen molar-refractivity contribution in [3.05, 3.63) is 0 Å². The van der Waals surface area contributed by atoms with E-state index in [2.05, 4.69) is 10.6 Å². The first-order valence-corrected chi connectivity index (χ1v) is 6.92. The van der Waals surface area contributed by atoms with Gasteiger partial charge in [-0.25, -0.2) is 0 Å². The predicted molar refractivity (Wildman–Crippen MR) is 80.7 cm³/mol. The first kappa shape index (κ1) is 21.1. The van der Waals surface area contributed by atoms with Crippen molar-refractivity contribution in [3.63, 3.8) is 0 Å². The van der Waals surface area contributed by atoms with E-state index in [9.17, 15) is 9.59 Å². The fourth-order valence-corrected chi connectivity index (χ4v) is 1.23. The molecule has 0 aliphatic carbocycles. The van der Waals surface area contributed by atoms with Crippen molar-refractivity contribution in [1.29, 1.82) is 0 Å². The SMILES string of the molecule is NC(=O)CCCCC(N)=O.NCCNCCNCCN. The molecule has 8 nitrogen and oxygen atoms in total. The molecule has 0 fully saturated rings. The summed E-state index contributed by atoms with van der Waals surface area (Å²) in [5.74, 6) is -0.658. The average molecular weight is 290 g/mol. The Kier molecular flexibility index (Phi) is 18.7. The van der Waals surface area contributed by atoms with E-state index in [1.165, 1.54) is 0 Å². The molecule has 0 saturated heterocycles. The Morgan fingerprint density at radius 2 is 1.05 bits per heavy atom. The van der Waals surface area contributed by atoms with Crippen LogP contribution in [0.2, 0.25) is 0 Å². The van der Waals surface area contributed by atoms with E-state index in [-0.39, 0.29) is 11.8 Å². The van der Waals surface area contributed by atoms with Gasteiger partial charge in [0.2, 0.25) is 11.8 Å². The van der Waals surface area contributed by atoms with Crippen LogP contribution in [0.5, 0.6) is 0 Å². The van der Waals surface area contributed by atoms with Crippen molar-refractivity contribution < 1.29 is 9.59 Å². The molecule has 0 radical (unpaired) electrons. The van der Waals surface area contributed by atoms with Crippen molar-refractivity contribution in [2.75, 3.05) is 39.3 Å². The van der Waals surface area contributed by atoms with Crippen LogP contribution in [0.3, 0.4) is 0 Å². The molecule has 0 aromatic heterocycles. The third-order valence-corrected chi connectivity index (χ3v) is 2.22. The first-order chi connectivity index (χ1) is 9.54. The van der Waals surface area contributed by atoms with Crippen molar-refractivity contribution in [2.24, 2.45) is 22.9 Å². The lowest BCUT2D eigenvalue weighted by Crippen LogP contribution is -2.32. The summed E-state index contributed by atoms with van der Waals surface area (Å²) in [4.78, 5) is 20.3. The minimum Gasteiger partial charge on any atom is -0.370 e. The van der Waals surface area contributed by atoms with Crippen LogP contribution in [-0.2, 0) is 9.59 Å². The molecule has 0 aromatic rings. The molecular weight excluding hydrogens is 260 g/mol. The third kappa shape index (κ3) is 25.6. The highest BCUT2D eigenvalue weighted by molar-refractivity contribution is 5.74. The molecule has 0 aliphatic rings. The molecule has 0 aliphatic heterocycles. The first-order valence-electron chi connectivity index (χ1n) is 6.92. The number of carbonyl (C=O) groups is 2. The molecule has 120 valence electrons. The van der Waals surface area contributed by atoms with Crippen LogP contribution in [-0.4, -0.2) is 51.1 Å². The topological polar surface area (TPSA) is 162 Å². The van der Waals surface area contributed by atoms with E-state index in [1.54, 1.807) is 0 Å². The Morgan fingerprint density at radius 3 is 1.30 bits per heavy atom. The number of amides is 2. The lowest BCUT2D eigenvalue weighted by atomic mass is 10.2. The van der Waals surface area contributed by atoms with Gasteiger partial charge in [-0.2, -0.15) is 0 Å². The van der Waals surface area contributed by atoms with Gasteiger partial charge in [-0.1, -0.05) is 0 Å². The number of rotatable bonds is 12. The molecular formula is C12H30N6O2. The quantitative estimate of drug-likeness (QED) is 0.219. The van der Waals surface area contributed by atoms with Crippen LogP contribution in [0.25, 0.3) is 0 Å². The lowest BCUT2D eigenvalue weighted by Gasteiger charge is -2.03. The van der Waals surface area contributed by atoms with Gasteiger partial charge >= 0.3 is 0 Å². The largest absolute Gasteiger partial charge is 0.370 e. The zero-order chi connectivity index (χ0) is 15.6. The second kappa shape index (κ2) is 17.8. The molecule has 2 amide bonds. The summed E-state index contributed by atoms with van der Waals surface area (Å²) in [5, 5.41) is 6.33. The molecule has 0 rings (SSSR count). The van der Waals surface area contributed by atoms with Gasteiger partial charge in [-0.15, -0.1) is 0 Å². The van der Waals surface area contributed by atoms with Crippen LogP contribution in [0.4, 0.5) is 0 Å². The highest BCUT2D eigenvalue weighted by atomic mass is 16.1. The zero-order valence-electron chi connectivity index (χ0n) is 12.2. The Bertz CT molecular complexity index is 214. The summed E-state index contributed by atoms with van der Waals surface area (Å²) >= 11 is 0. The predicted octanol–water partition coefficient (Wildman–Crippen LogP) is -2.40. The number of primary amides is 2. The monoisotopic (exact) mass is 290 g/mol. The number of nitrogens with one attached hydrogen (secondary N) is 2. The van der Waals surface area contributed by atoms with Gasteiger partial charge in [-0.3, -0.25) is 9.59 Å². The van der Waals surface area contributed by atoms with Gasteiger partial charge in [0.1, 0.15) is 0 Å². The second-order valence-electron chi connectivity index (χ2n) is 4.22. The average Bonchev–Trinajstić information content (AvgIpc) is 2.39. The van der Waals surface area contributed by atoms with E-state index < -0.39 is 0 Å². The van der Waals surface area contributed by atoms with Crippen LogP contribution >= 0.6 is 0 Å². The van der Waals surface area contributed by atoms with Crippen molar-refractivity contribution >= 4 is 11.8 Å². The lowest BCUT2D eigenvalue weighted by molar-refractivity contribution is -0.119. The zero-order valence-corrected chi connectivity index (χ0v) is 12.2. The Balaban J connectivity index is 0. The summed E-state index contributed by atoms with van der Waals surface area (Å²) in [7, 11) is 0. The molecule has 0 spiro atoms. The smallest absolute Gasteiger partial charge is 0.217 e. The van der Waals surface area contributed by atoms with E-state index in [1.807, 2.05) is 0 Å².